The van der Waals surface area contributed by atoms with Crippen molar-refractivity contribution in [1.29, 1.82) is 5.41 Å². The predicted molar refractivity (Wildman–Crippen MR) is 201 cm³/mol. The van der Waals surface area contributed by atoms with Crippen molar-refractivity contribution in [2.75, 3.05) is 36.9 Å². The highest BCUT2D eigenvalue weighted by atomic mass is 16.5. The van der Waals surface area contributed by atoms with Crippen molar-refractivity contribution in [3.63, 3.8) is 0 Å². The van der Waals surface area contributed by atoms with Crippen LogP contribution in [0.25, 0.3) is 0 Å². The van der Waals surface area contributed by atoms with Crippen LogP contribution < -0.4 is 42.8 Å². The van der Waals surface area contributed by atoms with Crippen molar-refractivity contribution >= 4 is 46.9 Å². The average molecular weight is 726 g/mol. The highest BCUT2D eigenvalue weighted by molar-refractivity contribution is 6.04. The number of benzene rings is 3. The third kappa shape index (κ3) is 11.5. The van der Waals surface area contributed by atoms with Gasteiger partial charge in [-0.05, 0) is 105 Å². The second-order valence-electron chi connectivity index (χ2n) is 13.1. The fourth-order valence-corrected chi connectivity index (χ4v) is 5.74. The number of guanidine groups is 1. The van der Waals surface area contributed by atoms with Crippen LogP contribution in [-0.2, 0) is 16.1 Å². The molecule has 3 aromatic rings. The summed E-state index contributed by atoms with van der Waals surface area (Å²) in [6.07, 6.45) is 5.29. The minimum absolute atomic E-state index is 0.0879. The number of amides is 5. The Hall–Kier alpha value is -5.96. The third-order valence-corrected chi connectivity index (χ3v) is 8.87. The molecule has 1 atom stereocenters. The highest BCUT2D eigenvalue weighted by Crippen LogP contribution is 2.33. The van der Waals surface area contributed by atoms with Gasteiger partial charge in [0, 0.05) is 54.6 Å². The van der Waals surface area contributed by atoms with E-state index < -0.39 is 6.04 Å². The first kappa shape index (κ1) is 38.3. The number of anilines is 2. The first-order valence-electron chi connectivity index (χ1n) is 17.8. The van der Waals surface area contributed by atoms with E-state index in [9.17, 15) is 24.0 Å². The largest absolute Gasteiger partial charge is 0.482 e. The number of hydrogen-bond donors (Lipinski definition) is 8. The lowest BCUT2D eigenvalue weighted by Gasteiger charge is -2.24. The number of carbonyl (C=O) groups excluding carboxylic acids is 5. The van der Waals surface area contributed by atoms with E-state index in [2.05, 4.69) is 26.6 Å². The van der Waals surface area contributed by atoms with Crippen molar-refractivity contribution in [2.45, 2.75) is 63.6 Å². The van der Waals surface area contributed by atoms with Crippen LogP contribution in [0.5, 0.6) is 5.75 Å². The molecule has 15 nitrogen and oxygen atoms in total. The van der Waals surface area contributed by atoms with Crippen LogP contribution in [0.3, 0.4) is 0 Å². The van der Waals surface area contributed by atoms with E-state index in [1.54, 1.807) is 54.6 Å². The number of hydrogen-bond acceptors (Lipinski definition) is 8. The maximum atomic E-state index is 13.5. The number of nitrogens with zero attached hydrogens (tertiary/aromatic N) is 1. The molecule has 0 radical (unpaired) electrons. The molecule has 1 heterocycles. The molecule has 0 spiro atoms. The van der Waals surface area contributed by atoms with Gasteiger partial charge in [-0.1, -0.05) is 12.1 Å². The molecule has 15 heteroatoms. The summed E-state index contributed by atoms with van der Waals surface area (Å²) in [5.41, 5.74) is 14.5. The van der Waals surface area contributed by atoms with Gasteiger partial charge in [0.1, 0.15) is 5.75 Å². The minimum Gasteiger partial charge on any atom is -0.482 e. The maximum Gasteiger partial charge on any atom is 0.262 e. The predicted octanol–water partition coefficient (Wildman–Crippen LogP) is 2.68. The summed E-state index contributed by atoms with van der Waals surface area (Å²) >= 11 is 0. The minimum atomic E-state index is -0.610. The number of nitrogens with two attached hydrogens (primary N) is 2. The molecule has 5 amide bonds. The van der Waals surface area contributed by atoms with Gasteiger partial charge >= 0.3 is 0 Å². The summed E-state index contributed by atoms with van der Waals surface area (Å²) in [4.78, 5) is 64.6. The van der Waals surface area contributed by atoms with Crippen molar-refractivity contribution in [3.05, 3.63) is 89.0 Å². The Morgan fingerprint density at radius 1 is 0.830 bits per heavy atom. The highest BCUT2D eigenvalue weighted by Gasteiger charge is 2.33. The van der Waals surface area contributed by atoms with Gasteiger partial charge in [-0.15, -0.1) is 0 Å². The van der Waals surface area contributed by atoms with Gasteiger partial charge in [-0.3, -0.25) is 29.4 Å². The summed E-state index contributed by atoms with van der Waals surface area (Å²) in [6, 6.07) is 18.3. The second kappa shape index (κ2) is 18.5. The van der Waals surface area contributed by atoms with Crippen LogP contribution in [-0.4, -0.2) is 78.7 Å². The Labute approximate surface area is 308 Å². The number of fused-ring (bicyclic) bond motifs is 1. The molecule has 53 heavy (non-hydrogen) atoms. The maximum absolute atomic E-state index is 13.5. The Morgan fingerprint density at radius 3 is 2.17 bits per heavy atom. The zero-order chi connectivity index (χ0) is 37.7. The number of nitrogens with one attached hydrogen (secondary N) is 6. The molecule has 2 aliphatic rings. The molecule has 1 aliphatic heterocycles. The van der Waals surface area contributed by atoms with E-state index in [-0.39, 0.29) is 48.1 Å². The normalized spacial score (nSPS) is 13.7. The van der Waals surface area contributed by atoms with Gasteiger partial charge in [-0.25, -0.2) is 0 Å². The van der Waals surface area contributed by atoms with Crippen molar-refractivity contribution in [1.82, 2.24) is 20.9 Å². The molecule has 1 aliphatic carbocycles. The van der Waals surface area contributed by atoms with Crippen LogP contribution in [0.2, 0.25) is 0 Å². The van der Waals surface area contributed by atoms with Crippen LogP contribution in [0.4, 0.5) is 11.4 Å². The van der Waals surface area contributed by atoms with Crippen LogP contribution in [0.1, 0.15) is 81.6 Å². The summed E-state index contributed by atoms with van der Waals surface area (Å²) in [5, 5.41) is 21.1. The van der Waals surface area contributed by atoms with E-state index in [1.807, 2.05) is 17.0 Å². The molecule has 0 bridgehead atoms. The average Bonchev–Trinajstić information content (AvgIpc) is 4.00. The zero-order valence-corrected chi connectivity index (χ0v) is 29.5. The van der Waals surface area contributed by atoms with E-state index in [0.29, 0.717) is 72.8 Å². The van der Waals surface area contributed by atoms with E-state index >= 15 is 0 Å². The van der Waals surface area contributed by atoms with Gasteiger partial charge in [-0.2, -0.15) is 0 Å². The molecule has 1 unspecified atom stereocenters. The summed E-state index contributed by atoms with van der Waals surface area (Å²) < 4.78 is 5.49. The summed E-state index contributed by atoms with van der Waals surface area (Å²) in [6.45, 7) is 1.78. The quantitative estimate of drug-likeness (QED) is 0.0546. The molecule has 280 valence electrons. The number of unbranched alkanes of at least 4 members (excludes halogenated alkanes) is 2. The third-order valence-electron chi connectivity index (χ3n) is 8.87. The van der Waals surface area contributed by atoms with Crippen molar-refractivity contribution in [3.8, 4) is 5.75 Å². The van der Waals surface area contributed by atoms with E-state index in [0.717, 1.165) is 37.7 Å². The molecule has 0 aromatic heterocycles. The molecular weight excluding hydrogens is 678 g/mol. The lowest BCUT2D eigenvalue weighted by molar-refractivity contribution is -0.122. The number of ether oxygens (including phenoxy) is 1. The SMILES string of the molecule is N=C(N)NCCCC(N)C(=O)NCCCCCNC(=O)c1ccc(NC(=O)c2ccc(CN(C(=O)c3ccc4c(c3)OCC(=O)N4)C3CC3)cc2)cc1. The van der Waals surface area contributed by atoms with Crippen LogP contribution in [0.15, 0.2) is 66.7 Å². The Kier molecular flexibility index (Phi) is 13.4. The summed E-state index contributed by atoms with van der Waals surface area (Å²) in [5.74, 6) is -0.722. The smallest absolute Gasteiger partial charge is 0.262 e. The number of carbonyl (C=O) groups is 5. The lowest BCUT2D eigenvalue weighted by Crippen LogP contribution is -2.41. The van der Waals surface area contributed by atoms with Crippen molar-refractivity contribution in [2.24, 2.45) is 11.5 Å². The second-order valence-corrected chi connectivity index (χ2v) is 13.1. The Bertz CT molecular complexity index is 1790. The summed E-state index contributed by atoms with van der Waals surface area (Å²) in [7, 11) is 0. The molecule has 1 fully saturated rings. The number of rotatable bonds is 18. The van der Waals surface area contributed by atoms with Crippen molar-refractivity contribution < 1.29 is 28.7 Å². The fourth-order valence-electron chi connectivity index (χ4n) is 5.74. The molecule has 0 saturated heterocycles. The van der Waals surface area contributed by atoms with Gasteiger partial charge in [0.15, 0.2) is 12.6 Å². The van der Waals surface area contributed by atoms with Gasteiger partial charge in [0.25, 0.3) is 23.6 Å². The first-order valence-corrected chi connectivity index (χ1v) is 17.8. The van der Waals surface area contributed by atoms with Gasteiger partial charge < -0.3 is 47.7 Å². The first-order chi connectivity index (χ1) is 25.6. The molecule has 10 N–H and O–H groups in total. The van der Waals surface area contributed by atoms with Gasteiger partial charge in [0.2, 0.25) is 5.91 Å². The standard InChI is InChI=1S/C38H47N9O6/c39-30(5-4-20-44-38(40)41)36(51)43-19-3-1-2-18-42-34(49)25-10-13-28(14-11-25)45-35(50)26-8-6-24(7-9-26)22-47(29-15-16-29)37(52)27-12-17-31-32(21-27)53-23-33(48)46-31/h6-14,17,21,29-30H,1-5,15-16,18-20,22-23,39H2,(H,42,49)(H,43,51)(H,45,50)(H,46,48)(H4,40,41,44). The molecular formula is C38H47N9O6. The Morgan fingerprint density at radius 2 is 1.47 bits per heavy atom. The van der Waals surface area contributed by atoms with E-state index in [1.165, 1.54) is 0 Å². The Balaban J connectivity index is 1.00. The molecule has 5 rings (SSSR count). The monoisotopic (exact) mass is 725 g/mol. The lowest BCUT2D eigenvalue weighted by atomic mass is 10.1. The molecule has 1 saturated carbocycles. The van der Waals surface area contributed by atoms with Crippen LogP contribution >= 0.6 is 0 Å². The molecule has 3 aromatic carbocycles. The van der Waals surface area contributed by atoms with E-state index in [4.69, 9.17) is 21.6 Å². The zero-order valence-electron chi connectivity index (χ0n) is 29.5. The van der Waals surface area contributed by atoms with Crippen LogP contribution in [0, 0.1) is 5.41 Å². The fraction of sp³-hybridized carbons (Fsp3) is 0.368. The topological polar surface area (TPSA) is 234 Å². The van der Waals surface area contributed by atoms with Gasteiger partial charge in [0.05, 0.1) is 11.7 Å².